The summed E-state index contributed by atoms with van der Waals surface area (Å²) >= 11 is 5.88. The summed E-state index contributed by atoms with van der Waals surface area (Å²) < 4.78 is 26.6. The summed E-state index contributed by atoms with van der Waals surface area (Å²) in [5.74, 6) is -0.400. The second kappa shape index (κ2) is 7.59. The largest absolute Gasteiger partial charge is 0.351 e. The van der Waals surface area contributed by atoms with Crippen molar-refractivity contribution >= 4 is 27.5 Å². The van der Waals surface area contributed by atoms with Crippen molar-refractivity contribution in [2.24, 2.45) is 0 Å². The molecule has 2 aromatic rings. The van der Waals surface area contributed by atoms with Crippen LogP contribution in [-0.4, -0.2) is 20.9 Å². The van der Waals surface area contributed by atoms with Gasteiger partial charge in [-0.05, 0) is 36.2 Å². The van der Waals surface area contributed by atoms with Crippen LogP contribution in [0.4, 0.5) is 0 Å². The van der Waals surface area contributed by atoms with Crippen molar-refractivity contribution in [2.75, 3.05) is 6.54 Å². The molecule has 1 amide bonds. The Morgan fingerprint density at radius 2 is 1.83 bits per heavy atom. The zero-order valence-electron chi connectivity index (χ0n) is 12.5. The Hall–Kier alpha value is -1.89. The summed E-state index contributed by atoms with van der Waals surface area (Å²) in [6, 6.07) is 13.8. The predicted molar refractivity (Wildman–Crippen MR) is 89.7 cm³/mol. The average molecular weight is 353 g/mol. The predicted octanol–water partition coefficient (Wildman–Crippen LogP) is 2.24. The van der Waals surface area contributed by atoms with Crippen molar-refractivity contribution in [3.05, 3.63) is 64.7 Å². The molecule has 2 N–H and O–H groups in total. The Bertz CT molecular complexity index is 792. The maximum Gasteiger partial charge on any atom is 0.241 e. The second-order valence-corrected chi connectivity index (χ2v) is 7.17. The van der Waals surface area contributed by atoms with Gasteiger partial charge in [-0.15, -0.1) is 0 Å². The lowest BCUT2D eigenvalue weighted by Gasteiger charge is -2.09. The van der Waals surface area contributed by atoms with Gasteiger partial charge in [0.05, 0.1) is 11.4 Å². The van der Waals surface area contributed by atoms with Gasteiger partial charge in [-0.2, -0.15) is 0 Å². The molecule has 7 heteroatoms. The average Bonchev–Trinajstić information content (AvgIpc) is 2.54. The Morgan fingerprint density at radius 1 is 1.13 bits per heavy atom. The molecule has 122 valence electrons. The van der Waals surface area contributed by atoms with Crippen LogP contribution in [0.3, 0.4) is 0 Å². The van der Waals surface area contributed by atoms with Gasteiger partial charge in [0.25, 0.3) is 0 Å². The molecule has 2 aromatic carbocycles. The number of hydrogen-bond donors (Lipinski definition) is 2. The molecule has 0 atom stereocenters. The van der Waals surface area contributed by atoms with Crippen LogP contribution in [0.2, 0.25) is 5.02 Å². The molecule has 0 saturated carbocycles. The number of amides is 1. The molecule has 0 saturated heterocycles. The van der Waals surface area contributed by atoms with Gasteiger partial charge in [-0.3, -0.25) is 4.79 Å². The lowest BCUT2D eigenvalue weighted by molar-refractivity contribution is -0.120. The van der Waals surface area contributed by atoms with Gasteiger partial charge in [0.1, 0.15) is 0 Å². The lowest BCUT2D eigenvalue weighted by Crippen LogP contribution is -2.36. The number of hydrogen-bond acceptors (Lipinski definition) is 3. The maximum absolute atomic E-state index is 12.1. The Labute approximate surface area is 140 Å². The van der Waals surface area contributed by atoms with Crippen molar-refractivity contribution in [3.63, 3.8) is 0 Å². The summed E-state index contributed by atoms with van der Waals surface area (Å²) in [6.45, 7) is 1.74. The topological polar surface area (TPSA) is 75.3 Å². The Morgan fingerprint density at radius 3 is 2.48 bits per heavy atom. The first-order valence-corrected chi connectivity index (χ1v) is 8.81. The van der Waals surface area contributed by atoms with E-state index in [2.05, 4.69) is 10.0 Å². The van der Waals surface area contributed by atoms with E-state index in [0.29, 0.717) is 17.1 Å². The SMILES string of the molecule is Cc1cc(S(=O)(=O)NCC(=O)NCc2ccccc2)ccc1Cl. The van der Waals surface area contributed by atoms with E-state index in [9.17, 15) is 13.2 Å². The Balaban J connectivity index is 1.91. The van der Waals surface area contributed by atoms with Crippen molar-refractivity contribution in [2.45, 2.75) is 18.4 Å². The monoisotopic (exact) mass is 352 g/mol. The van der Waals surface area contributed by atoms with E-state index < -0.39 is 15.9 Å². The smallest absolute Gasteiger partial charge is 0.241 e. The number of rotatable bonds is 6. The van der Waals surface area contributed by atoms with Crippen molar-refractivity contribution < 1.29 is 13.2 Å². The van der Waals surface area contributed by atoms with Crippen LogP contribution in [0.15, 0.2) is 53.4 Å². The molecule has 0 spiro atoms. The highest BCUT2D eigenvalue weighted by atomic mass is 35.5. The molecule has 0 aliphatic carbocycles. The van der Waals surface area contributed by atoms with Gasteiger partial charge in [-0.25, -0.2) is 13.1 Å². The van der Waals surface area contributed by atoms with Crippen LogP contribution in [-0.2, 0) is 21.4 Å². The minimum atomic E-state index is -3.75. The van der Waals surface area contributed by atoms with Gasteiger partial charge < -0.3 is 5.32 Å². The molecule has 23 heavy (non-hydrogen) atoms. The fraction of sp³-hybridized carbons (Fsp3) is 0.188. The summed E-state index contributed by atoms with van der Waals surface area (Å²) in [6.07, 6.45) is 0. The quantitative estimate of drug-likeness (QED) is 0.837. The van der Waals surface area contributed by atoms with Crippen molar-refractivity contribution in [3.8, 4) is 0 Å². The molecular weight excluding hydrogens is 336 g/mol. The number of halogens is 1. The number of sulfonamides is 1. The van der Waals surface area contributed by atoms with Gasteiger partial charge >= 0.3 is 0 Å². The van der Waals surface area contributed by atoms with E-state index in [-0.39, 0.29) is 11.4 Å². The van der Waals surface area contributed by atoms with Crippen LogP contribution < -0.4 is 10.0 Å². The normalized spacial score (nSPS) is 11.2. The van der Waals surface area contributed by atoms with Crippen LogP contribution >= 0.6 is 11.6 Å². The second-order valence-electron chi connectivity index (χ2n) is 5.00. The third-order valence-electron chi connectivity index (χ3n) is 3.19. The van der Waals surface area contributed by atoms with E-state index in [0.717, 1.165) is 5.56 Å². The fourth-order valence-electron chi connectivity index (χ4n) is 1.89. The summed E-state index contributed by atoms with van der Waals surface area (Å²) in [4.78, 5) is 11.8. The van der Waals surface area contributed by atoms with Gasteiger partial charge in [-0.1, -0.05) is 41.9 Å². The molecule has 0 aliphatic rings. The molecule has 0 aromatic heterocycles. The van der Waals surface area contributed by atoms with Crippen LogP contribution in [0.1, 0.15) is 11.1 Å². The van der Waals surface area contributed by atoms with Crippen molar-refractivity contribution in [1.29, 1.82) is 0 Å². The number of carbonyl (C=O) groups excluding carboxylic acids is 1. The van der Waals surface area contributed by atoms with Gasteiger partial charge in [0, 0.05) is 11.6 Å². The Kier molecular flexibility index (Phi) is 5.76. The highest BCUT2D eigenvalue weighted by Gasteiger charge is 2.16. The zero-order chi connectivity index (χ0) is 16.9. The number of carbonyl (C=O) groups is 1. The van der Waals surface area contributed by atoms with Gasteiger partial charge in [0.2, 0.25) is 15.9 Å². The van der Waals surface area contributed by atoms with E-state index >= 15 is 0 Å². The van der Waals surface area contributed by atoms with E-state index in [4.69, 9.17) is 11.6 Å². The summed E-state index contributed by atoms with van der Waals surface area (Å²) in [5.41, 5.74) is 1.60. The molecule has 0 aliphatic heterocycles. The van der Waals surface area contributed by atoms with E-state index in [1.807, 2.05) is 30.3 Å². The highest BCUT2D eigenvalue weighted by Crippen LogP contribution is 2.19. The van der Waals surface area contributed by atoms with Crippen LogP contribution in [0, 0.1) is 6.92 Å². The van der Waals surface area contributed by atoms with Crippen molar-refractivity contribution in [1.82, 2.24) is 10.0 Å². The third kappa shape index (κ3) is 5.06. The first kappa shape index (κ1) is 17.5. The number of nitrogens with one attached hydrogen (secondary N) is 2. The van der Waals surface area contributed by atoms with E-state index in [1.165, 1.54) is 18.2 Å². The molecule has 0 bridgehead atoms. The van der Waals surface area contributed by atoms with E-state index in [1.54, 1.807) is 6.92 Å². The minimum absolute atomic E-state index is 0.0789. The number of aryl methyl sites for hydroxylation is 1. The summed E-state index contributed by atoms with van der Waals surface area (Å²) in [7, 11) is -3.75. The molecule has 0 heterocycles. The lowest BCUT2D eigenvalue weighted by atomic mass is 10.2. The van der Waals surface area contributed by atoms with Crippen LogP contribution in [0.25, 0.3) is 0 Å². The molecular formula is C16H17ClN2O3S. The fourth-order valence-corrected chi connectivity index (χ4v) is 3.07. The minimum Gasteiger partial charge on any atom is -0.351 e. The number of benzene rings is 2. The maximum atomic E-state index is 12.1. The molecule has 0 radical (unpaired) electrons. The standard InChI is InChI=1S/C16H17ClN2O3S/c1-12-9-14(7-8-15(12)17)23(21,22)19-11-16(20)18-10-13-5-3-2-4-6-13/h2-9,19H,10-11H2,1H3,(H,18,20). The first-order valence-electron chi connectivity index (χ1n) is 6.95. The highest BCUT2D eigenvalue weighted by molar-refractivity contribution is 7.89. The molecule has 0 unspecified atom stereocenters. The van der Waals surface area contributed by atoms with Gasteiger partial charge in [0.15, 0.2) is 0 Å². The zero-order valence-corrected chi connectivity index (χ0v) is 14.1. The first-order chi connectivity index (χ1) is 10.9. The molecule has 0 fully saturated rings. The summed E-state index contributed by atoms with van der Waals surface area (Å²) in [5, 5.41) is 3.15. The molecule has 2 rings (SSSR count). The molecule has 5 nitrogen and oxygen atoms in total. The third-order valence-corrected chi connectivity index (χ3v) is 5.02. The van der Waals surface area contributed by atoms with Crippen LogP contribution in [0.5, 0.6) is 0 Å².